The number of anilines is 1. The lowest BCUT2D eigenvalue weighted by Crippen LogP contribution is -2.21. The van der Waals surface area contributed by atoms with Crippen LogP contribution in [0.1, 0.15) is 48.5 Å². The number of nitrogens with one attached hydrogen (secondary N) is 1. The highest BCUT2D eigenvalue weighted by Gasteiger charge is 2.19. The van der Waals surface area contributed by atoms with Gasteiger partial charge in [0.25, 0.3) is 0 Å². The summed E-state index contributed by atoms with van der Waals surface area (Å²) in [5.74, 6) is 0.671. The van der Waals surface area contributed by atoms with E-state index in [0.29, 0.717) is 11.5 Å². The van der Waals surface area contributed by atoms with Crippen LogP contribution in [0, 0.1) is 18.8 Å². The van der Waals surface area contributed by atoms with E-state index in [4.69, 9.17) is 0 Å². The average molecular weight is 261 g/mol. The van der Waals surface area contributed by atoms with Gasteiger partial charge >= 0.3 is 5.97 Å². The Morgan fingerprint density at radius 3 is 2.63 bits per heavy atom. The molecule has 2 rings (SSSR count). The molecule has 0 saturated heterocycles. The Morgan fingerprint density at radius 2 is 2.00 bits per heavy atom. The lowest BCUT2D eigenvalue weighted by molar-refractivity contribution is 0.0698. The molecule has 1 aliphatic rings. The van der Waals surface area contributed by atoms with Gasteiger partial charge in [0.15, 0.2) is 0 Å². The van der Waals surface area contributed by atoms with Crippen molar-refractivity contribution < 1.29 is 9.90 Å². The quantitative estimate of drug-likeness (QED) is 0.863. The van der Waals surface area contributed by atoms with E-state index in [0.717, 1.165) is 23.7 Å². The van der Waals surface area contributed by atoms with E-state index in [1.54, 1.807) is 12.1 Å². The molecule has 1 aliphatic carbocycles. The number of carboxylic acids is 1. The molecule has 1 aromatic rings. The van der Waals surface area contributed by atoms with Crippen molar-refractivity contribution in [2.45, 2.75) is 39.5 Å². The van der Waals surface area contributed by atoms with Gasteiger partial charge in [-0.05, 0) is 43.2 Å². The Kier molecular flexibility index (Phi) is 4.46. The van der Waals surface area contributed by atoms with Gasteiger partial charge in [0.05, 0.1) is 11.3 Å². The highest BCUT2D eigenvalue weighted by Crippen LogP contribution is 2.29. The predicted octanol–water partition coefficient (Wildman–Crippen LogP) is 3.93. The average Bonchev–Trinajstić information content (AvgIpc) is 2.39. The number of aromatic carboxylic acids is 1. The highest BCUT2D eigenvalue weighted by atomic mass is 16.4. The van der Waals surface area contributed by atoms with Crippen molar-refractivity contribution in [2.75, 3.05) is 11.9 Å². The van der Waals surface area contributed by atoms with Crippen molar-refractivity contribution in [1.82, 2.24) is 0 Å². The molecular weight excluding hydrogens is 238 g/mol. The number of para-hydroxylation sites is 1. The first kappa shape index (κ1) is 13.9. The summed E-state index contributed by atoms with van der Waals surface area (Å²) in [6.45, 7) is 5.16. The van der Waals surface area contributed by atoms with Gasteiger partial charge in [-0.15, -0.1) is 0 Å². The molecule has 0 atom stereocenters. The number of rotatable bonds is 4. The van der Waals surface area contributed by atoms with Gasteiger partial charge in [0.1, 0.15) is 0 Å². The molecule has 0 amide bonds. The van der Waals surface area contributed by atoms with Crippen LogP contribution >= 0.6 is 0 Å². The fourth-order valence-electron chi connectivity index (χ4n) is 2.86. The molecule has 0 spiro atoms. The zero-order valence-electron chi connectivity index (χ0n) is 11.8. The highest BCUT2D eigenvalue weighted by molar-refractivity contribution is 5.95. The first-order valence-corrected chi connectivity index (χ1v) is 7.14. The lowest BCUT2D eigenvalue weighted by Gasteiger charge is -2.27. The molecule has 3 nitrogen and oxygen atoms in total. The van der Waals surface area contributed by atoms with E-state index in [-0.39, 0.29) is 0 Å². The third kappa shape index (κ3) is 3.49. The minimum absolute atomic E-state index is 0.379. The maximum absolute atomic E-state index is 11.2. The molecule has 1 aromatic carbocycles. The van der Waals surface area contributed by atoms with Crippen LogP contribution < -0.4 is 5.32 Å². The van der Waals surface area contributed by atoms with E-state index in [2.05, 4.69) is 12.2 Å². The minimum atomic E-state index is -0.858. The fourth-order valence-corrected chi connectivity index (χ4v) is 2.86. The maximum Gasteiger partial charge on any atom is 0.337 e. The Hall–Kier alpha value is -1.51. The molecule has 0 bridgehead atoms. The molecule has 0 aromatic heterocycles. The third-order valence-electron chi connectivity index (χ3n) is 4.21. The Balaban J connectivity index is 2.01. The van der Waals surface area contributed by atoms with E-state index < -0.39 is 5.97 Å². The molecular formula is C16H23NO2. The summed E-state index contributed by atoms with van der Waals surface area (Å²) < 4.78 is 0. The van der Waals surface area contributed by atoms with Crippen LogP contribution in [0.3, 0.4) is 0 Å². The van der Waals surface area contributed by atoms with Crippen LogP contribution in [0.5, 0.6) is 0 Å². The second-order valence-electron chi connectivity index (χ2n) is 5.81. The summed E-state index contributed by atoms with van der Waals surface area (Å²) in [7, 11) is 0. The van der Waals surface area contributed by atoms with Crippen LogP contribution in [0.25, 0.3) is 0 Å². The molecule has 0 heterocycles. The molecule has 1 saturated carbocycles. The second kappa shape index (κ2) is 6.09. The van der Waals surface area contributed by atoms with Crippen molar-refractivity contribution in [2.24, 2.45) is 11.8 Å². The van der Waals surface area contributed by atoms with E-state index in [1.165, 1.54) is 25.7 Å². The first-order valence-electron chi connectivity index (χ1n) is 7.14. The smallest absolute Gasteiger partial charge is 0.337 e. The van der Waals surface area contributed by atoms with Crippen molar-refractivity contribution >= 4 is 11.7 Å². The molecule has 0 aliphatic heterocycles. The Labute approximate surface area is 115 Å². The predicted molar refractivity (Wildman–Crippen MR) is 77.8 cm³/mol. The van der Waals surface area contributed by atoms with Crippen LogP contribution in [-0.4, -0.2) is 17.6 Å². The van der Waals surface area contributed by atoms with E-state index in [1.807, 2.05) is 13.0 Å². The van der Waals surface area contributed by atoms with Gasteiger partial charge in [-0.2, -0.15) is 0 Å². The standard InChI is InChI=1S/C16H23NO2/c1-11-6-8-13(9-7-11)10-17-15-12(2)4-3-5-14(15)16(18)19/h3-5,11,13,17H,6-10H2,1-2H3,(H,18,19). The van der Waals surface area contributed by atoms with Gasteiger partial charge in [0, 0.05) is 6.54 Å². The van der Waals surface area contributed by atoms with Crippen molar-refractivity contribution in [3.05, 3.63) is 29.3 Å². The van der Waals surface area contributed by atoms with Crippen LogP contribution in [0.4, 0.5) is 5.69 Å². The summed E-state index contributed by atoms with van der Waals surface area (Å²) in [5, 5.41) is 12.6. The molecule has 19 heavy (non-hydrogen) atoms. The fraction of sp³-hybridized carbons (Fsp3) is 0.562. The molecule has 3 heteroatoms. The van der Waals surface area contributed by atoms with Crippen molar-refractivity contribution in [3.63, 3.8) is 0 Å². The number of benzene rings is 1. The lowest BCUT2D eigenvalue weighted by atomic mass is 9.83. The zero-order chi connectivity index (χ0) is 13.8. The van der Waals surface area contributed by atoms with Crippen LogP contribution in [0.15, 0.2) is 18.2 Å². The molecule has 1 fully saturated rings. The topological polar surface area (TPSA) is 49.3 Å². The SMILES string of the molecule is Cc1cccc(C(=O)O)c1NCC1CCC(C)CC1. The molecule has 2 N–H and O–H groups in total. The third-order valence-corrected chi connectivity index (χ3v) is 4.21. The molecule has 0 unspecified atom stereocenters. The van der Waals surface area contributed by atoms with Gasteiger partial charge in [-0.3, -0.25) is 0 Å². The largest absolute Gasteiger partial charge is 0.478 e. The van der Waals surface area contributed by atoms with Gasteiger partial charge in [-0.25, -0.2) is 4.79 Å². The normalized spacial score (nSPS) is 23.1. The van der Waals surface area contributed by atoms with E-state index in [9.17, 15) is 9.90 Å². The Morgan fingerprint density at radius 1 is 1.32 bits per heavy atom. The number of carbonyl (C=O) groups is 1. The summed E-state index contributed by atoms with van der Waals surface area (Å²) in [5.41, 5.74) is 2.17. The Bertz CT molecular complexity index is 448. The maximum atomic E-state index is 11.2. The summed E-state index contributed by atoms with van der Waals surface area (Å²) in [4.78, 5) is 11.2. The first-order chi connectivity index (χ1) is 9.08. The number of hydrogen-bond acceptors (Lipinski definition) is 2. The van der Waals surface area contributed by atoms with Crippen molar-refractivity contribution in [1.29, 1.82) is 0 Å². The van der Waals surface area contributed by atoms with E-state index >= 15 is 0 Å². The zero-order valence-corrected chi connectivity index (χ0v) is 11.8. The minimum Gasteiger partial charge on any atom is -0.478 e. The summed E-state index contributed by atoms with van der Waals surface area (Å²) in [6.07, 6.45) is 5.10. The molecule has 0 radical (unpaired) electrons. The van der Waals surface area contributed by atoms with Gasteiger partial charge < -0.3 is 10.4 Å². The van der Waals surface area contributed by atoms with Crippen LogP contribution in [0.2, 0.25) is 0 Å². The van der Waals surface area contributed by atoms with Crippen molar-refractivity contribution in [3.8, 4) is 0 Å². The number of carboxylic acid groups (broad SMARTS) is 1. The summed E-state index contributed by atoms with van der Waals surface area (Å²) >= 11 is 0. The number of aryl methyl sites for hydroxylation is 1. The number of hydrogen-bond donors (Lipinski definition) is 2. The summed E-state index contributed by atoms with van der Waals surface area (Å²) in [6, 6.07) is 5.42. The monoisotopic (exact) mass is 261 g/mol. The van der Waals surface area contributed by atoms with Gasteiger partial charge in [0.2, 0.25) is 0 Å². The molecule has 104 valence electrons. The van der Waals surface area contributed by atoms with Gasteiger partial charge in [-0.1, -0.05) is 31.9 Å². The van der Waals surface area contributed by atoms with Crippen LogP contribution in [-0.2, 0) is 0 Å². The second-order valence-corrected chi connectivity index (χ2v) is 5.81.